The molecule has 0 unspecified atom stereocenters. The summed E-state index contributed by atoms with van der Waals surface area (Å²) >= 11 is 0.677. The molecule has 166 valence electrons. The third-order valence-electron chi connectivity index (χ3n) is 4.99. The van der Waals surface area contributed by atoms with Gasteiger partial charge in [0.2, 0.25) is 0 Å². The molecule has 0 atom stereocenters. The van der Waals surface area contributed by atoms with Crippen LogP contribution in [-0.2, 0) is 20.3 Å². The Morgan fingerprint density at radius 2 is 1.88 bits per heavy atom. The van der Waals surface area contributed by atoms with E-state index in [1.807, 2.05) is 0 Å². The molecule has 0 bridgehead atoms. The molecule has 3 N–H and O–H groups in total. The molecule has 0 saturated carbocycles. The van der Waals surface area contributed by atoms with Crippen LogP contribution in [0, 0.1) is 6.92 Å². The Kier molecular flexibility index (Phi) is 5.00. The van der Waals surface area contributed by atoms with Crippen molar-refractivity contribution in [2.45, 2.75) is 13.1 Å². The number of alkyl halides is 3. The number of hydrogen-bond acceptors (Lipinski definition) is 6. The number of carbonyl (C=O) groups excluding carboxylic acids is 2. The van der Waals surface area contributed by atoms with E-state index in [4.69, 9.17) is 5.73 Å². The summed E-state index contributed by atoms with van der Waals surface area (Å²) in [5.41, 5.74) is 5.62. The van der Waals surface area contributed by atoms with E-state index in [2.05, 4.69) is 20.5 Å². The van der Waals surface area contributed by atoms with Gasteiger partial charge in [0.15, 0.2) is 0 Å². The number of thiophene rings is 1. The first kappa shape index (κ1) is 21.5. The summed E-state index contributed by atoms with van der Waals surface area (Å²) in [5.74, 6) is -1.52. The molecular weight excluding hydrogens is 447 g/mol. The number of carbonyl (C=O) groups is 2. The van der Waals surface area contributed by atoms with Crippen LogP contribution in [0.5, 0.6) is 0 Å². The van der Waals surface area contributed by atoms with Gasteiger partial charge in [-0.3, -0.25) is 19.0 Å². The Balaban J connectivity index is 2.03. The molecule has 2 amide bonds. The summed E-state index contributed by atoms with van der Waals surface area (Å²) in [7, 11) is 3.20. The van der Waals surface area contributed by atoms with Crippen molar-refractivity contribution in [3.05, 3.63) is 46.5 Å². The van der Waals surface area contributed by atoms with Crippen molar-refractivity contribution in [3.63, 3.8) is 0 Å². The minimum Gasteiger partial charge on any atom is -0.365 e. The zero-order chi connectivity index (χ0) is 23.4. The normalized spacial score (nSPS) is 11.8. The molecule has 0 aliphatic heterocycles. The Labute approximate surface area is 182 Å². The van der Waals surface area contributed by atoms with Gasteiger partial charge in [0.25, 0.3) is 11.8 Å². The van der Waals surface area contributed by atoms with Crippen molar-refractivity contribution in [2.75, 3.05) is 5.32 Å². The second-order valence-corrected chi connectivity index (χ2v) is 7.96. The lowest BCUT2D eigenvalue weighted by Gasteiger charge is -2.12. The Bertz CT molecular complexity index is 1380. The van der Waals surface area contributed by atoms with E-state index in [1.54, 1.807) is 21.0 Å². The summed E-state index contributed by atoms with van der Waals surface area (Å²) < 4.78 is 43.5. The van der Waals surface area contributed by atoms with E-state index in [9.17, 15) is 22.8 Å². The fourth-order valence-corrected chi connectivity index (χ4v) is 4.29. The van der Waals surface area contributed by atoms with Crippen LogP contribution in [0.25, 0.3) is 21.3 Å². The summed E-state index contributed by atoms with van der Waals surface area (Å²) in [6, 6.07) is 2.34. The third-order valence-corrected chi connectivity index (χ3v) is 6.09. The lowest BCUT2D eigenvalue weighted by molar-refractivity contribution is -0.140. The first-order chi connectivity index (χ1) is 15.0. The number of rotatable bonds is 4. The lowest BCUT2D eigenvalue weighted by atomic mass is 10.0. The lowest BCUT2D eigenvalue weighted by Crippen LogP contribution is -2.19. The molecule has 4 aromatic rings. The molecule has 0 spiro atoms. The molecule has 0 aliphatic rings. The molecule has 4 rings (SSSR count). The Morgan fingerprint density at radius 3 is 2.41 bits per heavy atom. The highest BCUT2D eigenvalue weighted by Crippen LogP contribution is 2.44. The zero-order valence-electron chi connectivity index (χ0n) is 17.0. The molecule has 0 radical (unpaired) electrons. The number of amides is 2. The molecule has 0 aromatic carbocycles. The maximum absolute atomic E-state index is 13.6. The monoisotopic (exact) mass is 463 g/mol. The zero-order valence-corrected chi connectivity index (χ0v) is 17.8. The van der Waals surface area contributed by atoms with Gasteiger partial charge in [-0.2, -0.15) is 23.4 Å². The SMILES string of the molecule is Cc1c(-c2cc(C(F)(F)F)nc3sc(C(N)=O)c(NC(=O)c4ccnn4C)c23)cnn1C. The number of nitrogens with one attached hydrogen (secondary N) is 1. The summed E-state index contributed by atoms with van der Waals surface area (Å²) in [6.07, 6.45) is -1.90. The van der Waals surface area contributed by atoms with E-state index >= 15 is 0 Å². The maximum Gasteiger partial charge on any atom is 0.433 e. The van der Waals surface area contributed by atoms with Crippen LogP contribution in [0.1, 0.15) is 31.5 Å². The van der Waals surface area contributed by atoms with Gasteiger partial charge in [0.05, 0.1) is 11.9 Å². The highest BCUT2D eigenvalue weighted by Gasteiger charge is 2.35. The van der Waals surface area contributed by atoms with E-state index in [0.29, 0.717) is 22.6 Å². The second-order valence-electron chi connectivity index (χ2n) is 6.96. The van der Waals surface area contributed by atoms with Crippen molar-refractivity contribution in [1.82, 2.24) is 24.5 Å². The van der Waals surface area contributed by atoms with Crippen LogP contribution in [0.4, 0.5) is 18.9 Å². The van der Waals surface area contributed by atoms with Gasteiger partial charge in [-0.1, -0.05) is 0 Å². The number of hydrogen-bond donors (Lipinski definition) is 2. The van der Waals surface area contributed by atoms with E-state index in [1.165, 1.54) is 27.8 Å². The van der Waals surface area contributed by atoms with Crippen LogP contribution in [0.3, 0.4) is 0 Å². The molecule has 13 heteroatoms. The molecule has 4 aromatic heterocycles. The standard InChI is InChI=1S/C19H16F3N7O2S/c1-8-10(7-25-28(8)2)9-6-12(19(20,21)22)26-18-13(9)14(15(32-18)16(23)30)27-17(31)11-4-5-24-29(11)3/h4-7H,1-3H3,(H2,23,30)(H,27,31). The van der Waals surface area contributed by atoms with Gasteiger partial charge in [0, 0.05) is 36.9 Å². The number of pyridine rings is 1. The number of primary amides is 1. The molecule has 0 aliphatic carbocycles. The molecule has 0 fully saturated rings. The van der Waals surface area contributed by atoms with Gasteiger partial charge >= 0.3 is 6.18 Å². The predicted octanol–water partition coefficient (Wildman–Crippen LogP) is 3.11. The van der Waals surface area contributed by atoms with E-state index < -0.39 is 23.7 Å². The fraction of sp³-hybridized carbons (Fsp3) is 0.211. The molecule has 9 nitrogen and oxygen atoms in total. The summed E-state index contributed by atoms with van der Waals surface area (Å²) in [5, 5.41) is 10.8. The van der Waals surface area contributed by atoms with Gasteiger partial charge in [0.1, 0.15) is 21.1 Å². The van der Waals surface area contributed by atoms with Crippen LogP contribution in [0.15, 0.2) is 24.5 Å². The Hall–Kier alpha value is -3.74. The number of nitrogens with two attached hydrogens (primary N) is 1. The van der Waals surface area contributed by atoms with Gasteiger partial charge in [-0.05, 0) is 24.6 Å². The van der Waals surface area contributed by atoms with Crippen molar-refractivity contribution in [3.8, 4) is 11.1 Å². The molecule has 32 heavy (non-hydrogen) atoms. The first-order valence-electron chi connectivity index (χ1n) is 9.12. The largest absolute Gasteiger partial charge is 0.433 e. The van der Waals surface area contributed by atoms with Gasteiger partial charge in [-0.25, -0.2) is 4.98 Å². The van der Waals surface area contributed by atoms with Gasteiger partial charge in [-0.15, -0.1) is 11.3 Å². The van der Waals surface area contributed by atoms with E-state index in [0.717, 1.165) is 6.07 Å². The second kappa shape index (κ2) is 7.44. The van der Waals surface area contributed by atoms with E-state index in [-0.39, 0.29) is 32.0 Å². The first-order valence-corrected chi connectivity index (χ1v) is 9.93. The van der Waals surface area contributed by atoms with Crippen LogP contribution in [-0.4, -0.2) is 36.4 Å². The van der Waals surface area contributed by atoms with Crippen LogP contribution < -0.4 is 11.1 Å². The van der Waals surface area contributed by atoms with Crippen molar-refractivity contribution in [2.24, 2.45) is 19.8 Å². The number of nitrogens with zero attached hydrogens (tertiary/aromatic N) is 5. The van der Waals surface area contributed by atoms with Gasteiger partial charge < -0.3 is 11.1 Å². The minimum atomic E-state index is -4.73. The Morgan fingerprint density at radius 1 is 1.16 bits per heavy atom. The number of aryl methyl sites for hydroxylation is 2. The molecule has 4 heterocycles. The number of fused-ring (bicyclic) bond motifs is 1. The number of anilines is 1. The van der Waals surface area contributed by atoms with Crippen molar-refractivity contribution < 1.29 is 22.8 Å². The van der Waals surface area contributed by atoms with Crippen molar-refractivity contribution >= 4 is 39.1 Å². The van der Waals surface area contributed by atoms with Crippen LogP contribution >= 0.6 is 11.3 Å². The van der Waals surface area contributed by atoms with Crippen molar-refractivity contribution in [1.29, 1.82) is 0 Å². The molecular formula is C19H16F3N7O2S. The highest BCUT2D eigenvalue weighted by molar-refractivity contribution is 7.21. The number of aromatic nitrogens is 5. The minimum absolute atomic E-state index is 0.0109. The van der Waals surface area contributed by atoms with Crippen LogP contribution in [0.2, 0.25) is 0 Å². The average molecular weight is 463 g/mol. The maximum atomic E-state index is 13.6. The smallest absolute Gasteiger partial charge is 0.365 e. The predicted molar refractivity (Wildman–Crippen MR) is 111 cm³/mol. The molecule has 0 saturated heterocycles. The highest BCUT2D eigenvalue weighted by atomic mass is 32.1. The average Bonchev–Trinajstić information content (AvgIpc) is 3.39. The summed E-state index contributed by atoms with van der Waals surface area (Å²) in [4.78, 5) is 28.4. The quantitative estimate of drug-likeness (QED) is 0.482. The number of halogens is 3. The topological polar surface area (TPSA) is 121 Å². The third kappa shape index (κ3) is 3.49. The summed E-state index contributed by atoms with van der Waals surface area (Å²) in [6.45, 7) is 1.69. The fourth-order valence-electron chi connectivity index (χ4n) is 3.29.